The summed E-state index contributed by atoms with van der Waals surface area (Å²) in [6.07, 6.45) is 3.17. The van der Waals surface area contributed by atoms with Crippen LogP contribution < -0.4 is 10.6 Å². The van der Waals surface area contributed by atoms with Crippen LogP contribution in [0.15, 0.2) is 48.8 Å². The molecule has 1 amide bonds. The Morgan fingerprint density at radius 2 is 1.78 bits per heavy atom. The summed E-state index contributed by atoms with van der Waals surface area (Å²) in [5, 5.41) is 6.08. The molecule has 0 aliphatic heterocycles. The van der Waals surface area contributed by atoms with Gasteiger partial charge >= 0.3 is 6.09 Å². The van der Waals surface area contributed by atoms with Gasteiger partial charge in [0.15, 0.2) is 0 Å². The van der Waals surface area contributed by atoms with E-state index in [1.807, 2.05) is 63.4 Å². The van der Waals surface area contributed by atoms with E-state index in [4.69, 9.17) is 4.74 Å². The highest BCUT2D eigenvalue weighted by Gasteiger charge is 2.15. The molecule has 0 spiro atoms. The SMILES string of the molecule is CC(C)(C)OC(=O)Nc1ccc(CNCc2cccnc2)cc1. The Balaban J connectivity index is 1.79. The fraction of sp³-hybridized carbons (Fsp3) is 0.333. The molecule has 1 aromatic carbocycles. The van der Waals surface area contributed by atoms with E-state index in [-0.39, 0.29) is 0 Å². The summed E-state index contributed by atoms with van der Waals surface area (Å²) in [7, 11) is 0. The summed E-state index contributed by atoms with van der Waals surface area (Å²) in [6, 6.07) is 11.6. The summed E-state index contributed by atoms with van der Waals surface area (Å²) >= 11 is 0. The van der Waals surface area contributed by atoms with Gasteiger partial charge in [-0.3, -0.25) is 10.3 Å². The van der Waals surface area contributed by atoms with Crippen molar-refractivity contribution in [3.8, 4) is 0 Å². The molecule has 0 fully saturated rings. The predicted octanol–water partition coefficient (Wildman–Crippen LogP) is 3.72. The lowest BCUT2D eigenvalue weighted by Crippen LogP contribution is -2.27. The number of aromatic nitrogens is 1. The number of pyridine rings is 1. The van der Waals surface area contributed by atoms with Crippen molar-refractivity contribution >= 4 is 11.8 Å². The van der Waals surface area contributed by atoms with Gasteiger partial charge in [0, 0.05) is 31.2 Å². The van der Waals surface area contributed by atoms with E-state index in [0.29, 0.717) is 0 Å². The Morgan fingerprint density at radius 3 is 2.39 bits per heavy atom. The minimum Gasteiger partial charge on any atom is -0.444 e. The number of rotatable bonds is 5. The molecule has 0 saturated heterocycles. The van der Waals surface area contributed by atoms with Crippen molar-refractivity contribution in [2.24, 2.45) is 0 Å². The van der Waals surface area contributed by atoms with Crippen LogP contribution >= 0.6 is 0 Å². The van der Waals surface area contributed by atoms with Gasteiger partial charge in [-0.15, -0.1) is 0 Å². The van der Waals surface area contributed by atoms with Crippen LogP contribution in [0, 0.1) is 0 Å². The number of benzene rings is 1. The van der Waals surface area contributed by atoms with Gasteiger partial charge in [-0.2, -0.15) is 0 Å². The van der Waals surface area contributed by atoms with Crippen molar-refractivity contribution < 1.29 is 9.53 Å². The first-order valence-corrected chi connectivity index (χ1v) is 7.61. The molecular formula is C18H23N3O2. The maximum Gasteiger partial charge on any atom is 0.412 e. The molecule has 0 unspecified atom stereocenters. The van der Waals surface area contributed by atoms with E-state index in [2.05, 4.69) is 15.6 Å². The van der Waals surface area contributed by atoms with Crippen LogP contribution in [0.5, 0.6) is 0 Å². The van der Waals surface area contributed by atoms with Gasteiger partial charge in [0.1, 0.15) is 5.60 Å². The lowest BCUT2D eigenvalue weighted by atomic mass is 10.2. The second kappa shape index (κ2) is 7.74. The topological polar surface area (TPSA) is 63.2 Å². The van der Waals surface area contributed by atoms with E-state index >= 15 is 0 Å². The zero-order valence-electron chi connectivity index (χ0n) is 13.8. The average molecular weight is 313 g/mol. The Kier molecular flexibility index (Phi) is 5.71. The van der Waals surface area contributed by atoms with Gasteiger partial charge in [-0.05, 0) is 50.1 Å². The molecule has 23 heavy (non-hydrogen) atoms. The number of hydrogen-bond acceptors (Lipinski definition) is 4. The van der Waals surface area contributed by atoms with Crippen LogP contribution in [0.1, 0.15) is 31.9 Å². The minimum atomic E-state index is -0.500. The molecular weight excluding hydrogens is 290 g/mol. The quantitative estimate of drug-likeness (QED) is 0.883. The van der Waals surface area contributed by atoms with Crippen molar-refractivity contribution in [2.45, 2.75) is 39.5 Å². The van der Waals surface area contributed by atoms with Gasteiger partial charge in [0.05, 0.1) is 0 Å². The van der Waals surface area contributed by atoms with E-state index in [0.717, 1.165) is 29.9 Å². The number of nitrogens with one attached hydrogen (secondary N) is 2. The Hall–Kier alpha value is -2.40. The zero-order valence-corrected chi connectivity index (χ0v) is 13.8. The Bertz CT molecular complexity index is 619. The number of nitrogens with zero attached hydrogens (tertiary/aromatic N) is 1. The molecule has 2 N–H and O–H groups in total. The van der Waals surface area contributed by atoms with Gasteiger partial charge in [0.2, 0.25) is 0 Å². The fourth-order valence-corrected chi connectivity index (χ4v) is 1.98. The van der Waals surface area contributed by atoms with Crippen molar-refractivity contribution in [3.05, 3.63) is 59.9 Å². The molecule has 0 radical (unpaired) electrons. The Morgan fingerprint density at radius 1 is 1.09 bits per heavy atom. The zero-order chi connectivity index (χ0) is 16.7. The minimum absolute atomic E-state index is 0.444. The number of amides is 1. The molecule has 5 heteroatoms. The molecule has 122 valence electrons. The molecule has 0 aliphatic carbocycles. The monoisotopic (exact) mass is 313 g/mol. The molecule has 2 rings (SSSR count). The molecule has 0 atom stereocenters. The van der Waals surface area contributed by atoms with Crippen molar-refractivity contribution in [1.82, 2.24) is 10.3 Å². The first kappa shape index (κ1) is 17.0. The van der Waals surface area contributed by atoms with E-state index in [1.165, 1.54) is 0 Å². The number of carbonyl (C=O) groups is 1. The van der Waals surface area contributed by atoms with Crippen LogP contribution in [0.4, 0.5) is 10.5 Å². The van der Waals surface area contributed by atoms with Gasteiger partial charge in [-0.1, -0.05) is 18.2 Å². The third-order valence-corrected chi connectivity index (χ3v) is 2.98. The van der Waals surface area contributed by atoms with Crippen LogP contribution in [-0.2, 0) is 17.8 Å². The highest BCUT2D eigenvalue weighted by atomic mass is 16.6. The highest BCUT2D eigenvalue weighted by molar-refractivity contribution is 5.84. The molecule has 0 aliphatic rings. The molecule has 2 aromatic rings. The third kappa shape index (κ3) is 6.48. The lowest BCUT2D eigenvalue weighted by molar-refractivity contribution is 0.0636. The molecule has 1 aromatic heterocycles. The van der Waals surface area contributed by atoms with Crippen molar-refractivity contribution in [2.75, 3.05) is 5.32 Å². The summed E-state index contributed by atoms with van der Waals surface area (Å²) < 4.78 is 5.22. The largest absolute Gasteiger partial charge is 0.444 e. The van der Waals surface area contributed by atoms with Crippen LogP contribution in [0.25, 0.3) is 0 Å². The number of hydrogen-bond donors (Lipinski definition) is 2. The number of carbonyl (C=O) groups excluding carboxylic acids is 1. The first-order chi connectivity index (χ1) is 10.9. The number of anilines is 1. The van der Waals surface area contributed by atoms with Crippen molar-refractivity contribution in [1.29, 1.82) is 0 Å². The first-order valence-electron chi connectivity index (χ1n) is 7.61. The fourth-order valence-electron chi connectivity index (χ4n) is 1.98. The smallest absolute Gasteiger partial charge is 0.412 e. The summed E-state index contributed by atoms with van der Waals surface area (Å²) in [4.78, 5) is 15.8. The summed E-state index contributed by atoms with van der Waals surface area (Å²) in [6.45, 7) is 7.03. The van der Waals surface area contributed by atoms with E-state index in [1.54, 1.807) is 6.20 Å². The standard InChI is InChI=1S/C18H23N3O2/c1-18(2,3)23-17(22)21-16-8-6-14(7-9-16)11-20-13-15-5-4-10-19-12-15/h4-10,12,20H,11,13H2,1-3H3,(H,21,22). The lowest BCUT2D eigenvalue weighted by Gasteiger charge is -2.19. The van der Waals surface area contributed by atoms with Crippen LogP contribution in [-0.4, -0.2) is 16.7 Å². The predicted molar refractivity (Wildman–Crippen MR) is 91.1 cm³/mol. The molecule has 0 saturated carbocycles. The third-order valence-electron chi connectivity index (χ3n) is 2.98. The van der Waals surface area contributed by atoms with E-state index < -0.39 is 11.7 Å². The van der Waals surface area contributed by atoms with Gasteiger partial charge in [-0.25, -0.2) is 4.79 Å². The second-order valence-electron chi connectivity index (χ2n) is 6.29. The summed E-state index contributed by atoms with van der Waals surface area (Å²) in [5.74, 6) is 0. The van der Waals surface area contributed by atoms with Crippen LogP contribution in [0.2, 0.25) is 0 Å². The maximum absolute atomic E-state index is 11.7. The average Bonchev–Trinajstić information content (AvgIpc) is 2.48. The highest BCUT2D eigenvalue weighted by Crippen LogP contribution is 2.13. The molecule has 5 nitrogen and oxygen atoms in total. The van der Waals surface area contributed by atoms with E-state index in [9.17, 15) is 4.79 Å². The normalized spacial score (nSPS) is 11.1. The summed E-state index contributed by atoms with van der Waals surface area (Å²) in [5.41, 5.74) is 2.51. The maximum atomic E-state index is 11.7. The van der Waals surface area contributed by atoms with Gasteiger partial charge < -0.3 is 10.1 Å². The second-order valence-corrected chi connectivity index (χ2v) is 6.29. The molecule has 0 bridgehead atoms. The molecule has 1 heterocycles. The Labute approximate surface area is 137 Å². The van der Waals surface area contributed by atoms with Crippen molar-refractivity contribution in [3.63, 3.8) is 0 Å². The number of ether oxygens (including phenoxy) is 1. The van der Waals surface area contributed by atoms with Gasteiger partial charge in [0.25, 0.3) is 0 Å². The van der Waals surface area contributed by atoms with Crippen LogP contribution in [0.3, 0.4) is 0 Å².